The summed E-state index contributed by atoms with van der Waals surface area (Å²) in [6.45, 7) is 12.1. The summed E-state index contributed by atoms with van der Waals surface area (Å²) >= 11 is 0. The standard InChI is InChI=1S/C23H37N5O2/c1-3-24-23(28-11-9-20(18-28)26-12-14-30-15-13-26)25-16-19-8-10-27(17-19)21-6-4-5-7-22(21)29-2/h4-7,19-20H,3,8-18H2,1-2H3,(H,24,25). The summed E-state index contributed by atoms with van der Waals surface area (Å²) in [5, 5.41) is 3.53. The van der Waals surface area contributed by atoms with Crippen molar-refractivity contribution in [3.63, 3.8) is 0 Å². The summed E-state index contributed by atoms with van der Waals surface area (Å²) in [6, 6.07) is 8.95. The number of morpholine rings is 1. The molecule has 0 bridgehead atoms. The Morgan fingerprint density at radius 3 is 2.77 bits per heavy atom. The van der Waals surface area contributed by atoms with Crippen LogP contribution in [0.4, 0.5) is 5.69 Å². The van der Waals surface area contributed by atoms with Crippen LogP contribution in [-0.4, -0.2) is 94.5 Å². The van der Waals surface area contributed by atoms with Crippen LogP contribution in [-0.2, 0) is 4.74 Å². The lowest BCUT2D eigenvalue weighted by atomic mass is 10.1. The average Bonchev–Trinajstić information content (AvgIpc) is 3.47. The molecule has 0 saturated carbocycles. The number of nitrogens with one attached hydrogen (secondary N) is 1. The average molecular weight is 416 g/mol. The molecule has 7 nitrogen and oxygen atoms in total. The molecule has 0 amide bonds. The number of para-hydroxylation sites is 2. The van der Waals surface area contributed by atoms with E-state index in [1.807, 2.05) is 12.1 Å². The first-order chi connectivity index (χ1) is 14.8. The summed E-state index contributed by atoms with van der Waals surface area (Å²) < 4.78 is 11.1. The van der Waals surface area contributed by atoms with Crippen molar-refractivity contribution in [2.75, 3.05) is 77.6 Å². The molecular weight excluding hydrogens is 378 g/mol. The first-order valence-corrected chi connectivity index (χ1v) is 11.5. The number of ether oxygens (including phenoxy) is 2. The van der Waals surface area contributed by atoms with Gasteiger partial charge in [0.05, 0.1) is 26.0 Å². The molecule has 3 saturated heterocycles. The Kier molecular flexibility index (Phi) is 7.33. The Bertz CT molecular complexity index is 707. The molecule has 1 N–H and O–H groups in total. The minimum Gasteiger partial charge on any atom is -0.495 e. The maximum Gasteiger partial charge on any atom is 0.193 e. The summed E-state index contributed by atoms with van der Waals surface area (Å²) in [6.07, 6.45) is 2.40. The molecule has 3 fully saturated rings. The molecular formula is C23H37N5O2. The van der Waals surface area contributed by atoms with Gasteiger partial charge in [-0.25, -0.2) is 0 Å². The zero-order chi connectivity index (χ0) is 20.8. The second-order valence-electron chi connectivity index (χ2n) is 8.50. The molecule has 0 aliphatic carbocycles. The zero-order valence-electron chi connectivity index (χ0n) is 18.6. The van der Waals surface area contributed by atoms with Gasteiger partial charge in [-0.15, -0.1) is 0 Å². The van der Waals surface area contributed by atoms with E-state index in [2.05, 4.69) is 39.1 Å². The maximum atomic E-state index is 5.55. The molecule has 1 aromatic rings. The lowest BCUT2D eigenvalue weighted by Gasteiger charge is -2.32. The molecule has 2 atom stereocenters. The Morgan fingerprint density at radius 1 is 1.13 bits per heavy atom. The minimum atomic E-state index is 0.584. The van der Waals surface area contributed by atoms with Crippen LogP contribution in [0.3, 0.4) is 0 Å². The van der Waals surface area contributed by atoms with Gasteiger partial charge in [-0.2, -0.15) is 0 Å². The zero-order valence-corrected chi connectivity index (χ0v) is 18.6. The first-order valence-electron chi connectivity index (χ1n) is 11.5. The number of rotatable bonds is 6. The summed E-state index contributed by atoms with van der Waals surface area (Å²) in [7, 11) is 1.75. The Morgan fingerprint density at radius 2 is 1.97 bits per heavy atom. The van der Waals surface area contributed by atoms with Gasteiger partial charge in [-0.3, -0.25) is 9.89 Å². The fourth-order valence-corrected chi connectivity index (χ4v) is 4.91. The van der Waals surface area contributed by atoms with E-state index in [0.717, 1.165) is 77.3 Å². The number of hydrogen-bond donors (Lipinski definition) is 1. The molecule has 1 aromatic carbocycles. The SMILES string of the molecule is CCNC(=NCC1CCN(c2ccccc2OC)C1)N1CCC(N2CCOCC2)C1. The molecule has 0 spiro atoms. The second-order valence-corrected chi connectivity index (χ2v) is 8.50. The third-order valence-electron chi connectivity index (χ3n) is 6.57. The molecule has 2 unspecified atom stereocenters. The van der Waals surface area contributed by atoms with Gasteiger partial charge in [-0.1, -0.05) is 12.1 Å². The van der Waals surface area contributed by atoms with Gasteiger partial charge < -0.3 is 24.6 Å². The van der Waals surface area contributed by atoms with E-state index in [4.69, 9.17) is 14.5 Å². The normalized spacial score (nSPS) is 25.7. The molecule has 4 rings (SSSR count). The van der Waals surface area contributed by atoms with E-state index in [0.29, 0.717) is 12.0 Å². The summed E-state index contributed by atoms with van der Waals surface area (Å²) in [5.41, 5.74) is 1.20. The van der Waals surface area contributed by atoms with Crippen molar-refractivity contribution in [1.82, 2.24) is 15.1 Å². The van der Waals surface area contributed by atoms with Crippen LogP contribution >= 0.6 is 0 Å². The predicted molar refractivity (Wildman–Crippen MR) is 122 cm³/mol. The first kappa shape index (κ1) is 21.2. The highest BCUT2D eigenvalue weighted by molar-refractivity contribution is 5.80. The molecule has 0 aromatic heterocycles. The van der Waals surface area contributed by atoms with Crippen molar-refractivity contribution in [3.8, 4) is 5.75 Å². The van der Waals surface area contributed by atoms with Crippen LogP contribution in [0.15, 0.2) is 29.3 Å². The number of benzene rings is 1. The van der Waals surface area contributed by atoms with E-state index in [-0.39, 0.29) is 0 Å². The lowest BCUT2D eigenvalue weighted by Crippen LogP contribution is -2.46. The number of likely N-dealkylation sites (tertiary alicyclic amines) is 1. The minimum absolute atomic E-state index is 0.584. The number of hydrogen-bond acceptors (Lipinski definition) is 5. The monoisotopic (exact) mass is 415 g/mol. The van der Waals surface area contributed by atoms with E-state index < -0.39 is 0 Å². The summed E-state index contributed by atoms with van der Waals surface area (Å²) in [4.78, 5) is 12.5. The third-order valence-corrected chi connectivity index (χ3v) is 6.57. The predicted octanol–water partition coefficient (Wildman–Crippen LogP) is 1.89. The van der Waals surface area contributed by atoms with Crippen LogP contribution in [0.2, 0.25) is 0 Å². The van der Waals surface area contributed by atoms with Gasteiger partial charge in [0.1, 0.15) is 5.75 Å². The van der Waals surface area contributed by atoms with E-state index in [1.165, 1.54) is 18.5 Å². The maximum absolute atomic E-state index is 5.55. The third kappa shape index (κ3) is 5.01. The topological polar surface area (TPSA) is 52.6 Å². The van der Waals surface area contributed by atoms with Crippen molar-refractivity contribution in [2.45, 2.75) is 25.8 Å². The number of nitrogens with zero attached hydrogens (tertiary/aromatic N) is 4. The lowest BCUT2D eigenvalue weighted by molar-refractivity contribution is 0.0195. The summed E-state index contributed by atoms with van der Waals surface area (Å²) in [5.74, 6) is 2.63. The number of anilines is 1. The highest BCUT2D eigenvalue weighted by Crippen LogP contribution is 2.32. The number of guanidine groups is 1. The van der Waals surface area contributed by atoms with Crippen LogP contribution < -0.4 is 15.0 Å². The molecule has 0 radical (unpaired) electrons. The molecule has 7 heteroatoms. The van der Waals surface area contributed by atoms with Gasteiger partial charge in [0, 0.05) is 58.4 Å². The van der Waals surface area contributed by atoms with E-state index >= 15 is 0 Å². The van der Waals surface area contributed by atoms with Crippen molar-refractivity contribution < 1.29 is 9.47 Å². The van der Waals surface area contributed by atoms with Gasteiger partial charge in [0.15, 0.2) is 5.96 Å². The molecule has 3 heterocycles. The molecule has 3 aliphatic heterocycles. The fourth-order valence-electron chi connectivity index (χ4n) is 4.91. The molecule has 30 heavy (non-hydrogen) atoms. The van der Waals surface area contributed by atoms with Crippen LogP contribution in [0.25, 0.3) is 0 Å². The van der Waals surface area contributed by atoms with Crippen molar-refractivity contribution in [1.29, 1.82) is 0 Å². The molecule has 3 aliphatic rings. The van der Waals surface area contributed by atoms with Gasteiger partial charge in [0.25, 0.3) is 0 Å². The number of aliphatic imine (C=N–C) groups is 1. The van der Waals surface area contributed by atoms with Crippen LogP contribution in [0, 0.1) is 5.92 Å². The van der Waals surface area contributed by atoms with Crippen LogP contribution in [0.5, 0.6) is 5.75 Å². The Hall–Kier alpha value is -1.99. The smallest absolute Gasteiger partial charge is 0.193 e. The highest BCUT2D eigenvalue weighted by atomic mass is 16.5. The van der Waals surface area contributed by atoms with Crippen molar-refractivity contribution in [2.24, 2.45) is 10.9 Å². The Labute approximate surface area is 181 Å². The largest absolute Gasteiger partial charge is 0.495 e. The van der Waals surface area contributed by atoms with Gasteiger partial charge in [-0.05, 0) is 37.8 Å². The van der Waals surface area contributed by atoms with Crippen LogP contribution in [0.1, 0.15) is 19.8 Å². The van der Waals surface area contributed by atoms with Gasteiger partial charge >= 0.3 is 0 Å². The second kappa shape index (κ2) is 10.4. The van der Waals surface area contributed by atoms with E-state index in [1.54, 1.807) is 7.11 Å². The van der Waals surface area contributed by atoms with Crippen molar-refractivity contribution in [3.05, 3.63) is 24.3 Å². The van der Waals surface area contributed by atoms with E-state index in [9.17, 15) is 0 Å². The highest BCUT2D eigenvalue weighted by Gasteiger charge is 2.31. The fraction of sp³-hybridized carbons (Fsp3) is 0.696. The Balaban J connectivity index is 1.33. The number of methoxy groups -OCH3 is 1. The van der Waals surface area contributed by atoms with Gasteiger partial charge in [0.2, 0.25) is 0 Å². The molecule has 166 valence electrons. The quantitative estimate of drug-likeness (QED) is 0.566. The van der Waals surface area contributed by atoms with Crippen molar-refractivity contribution >= 4 is 11.6 Å².